The Labute approximate surface area is 258 Å². The van der Waals surface area contributed by atoms with Crippen LogP contribution in [-0.4, -0.2) is 37.1 Å². The molecule has 4 aromatic rings. The van der Waals surface area contributed by atoms with Gasteiger partial charge in [0.15, 0.2) is 22.6 Å². The summed E-state index contributed by atoms with van der Waals surface area (Å²) in [6.07, 6.45) is 5.02. The van der Waals surface area contributed by atoms with Gasteiger partial charge in [-0.05, 0) is 50.3 Å². The molecule has 2 aromatic heterocycles. The van der Waals surface area contributed by atoms with Gasteiger partial charge in [0.25, 0.3) is 0 Å². The van der Waals surface area contributed by atoms with Gasteiger partial charge in [-0.25, -0.2) is 32.1 Å². The number of rotatable bonds is 6. The average molecular weight is 634 g/mol. The second kappa shape index (κ2) is 16.1. The number of carbonyl (C=O) groups is 1. The predicted molar refractivity (Wildman–Crippen MR) is 167 cm³/mol. The van der Waals surface area contributed by atoms with Crippen molar-refractivity contribution in [3.8, 4) is 5.69 Å². The number of benzene rings is 2. The lowest BCUT2D eigenvalue weighted by Crippen LogP contribution is -2.42. The van der Waals surface area contributed by atoms with Crippen molar-refractivity contribution in [2.75, 3.05) is 6.26 Å². The van der Waals surface area contributed by atoms with Crippen LogP contribution in [0, 0.1) is 17.5 Å². The van der Waals surface area contributed by atoms with Crippen molar-refractivity contribution in [3.63, 3.8) is 0 Å². The lowest BCUT2D eigenvalue weighted by Gasteiger charge is -2.20. The Bertz CT molecular complexity index is 1690. The topological polar surface area (TPSA) is 108 Å². The lowest BCUT2D eigenvalue weighted by atomic mass is 10.0. The van der Waals surface area contributed by atoms with Crippen LogP contribution < -0.4 is 16.7 Å². The number of amides is 1. The smallest absolute Gasteiger partial charge is 0.407 e. The molecule has 0 unspecified atom stereocenters. The van der Waals surface area contributed by atoms with Crippen molar-refractivity contribution in [2.24, 2.45) is 0 Å². The molecule has 0 spiro atoms. The molecule has 4 rings (SSSR count). The number of fused-ring (bicyclic) bond motifs is 1. The molecule has 44 heavy (non-hydrogen) atoms. The second-order valence-electron chi connectivity index (χ2n) is 10.2. The van der Waals surface area contributed by atoms with Gasteiger partial charge in [0, 0.05) is 23.5 Å². The minimum absolute atomic E-state index is 0.00796. The van der Waals surface area contributed by atoms with Crippen molar-refractivity contribution in [1.29, 1.82) is 0 Å². The molecule has 0 bridgehead atoms. The number of hydrogen-bond donors (Lipinski definition) is 1. The van der Waals surface area contributed by atoms with E-state index in [9.17, 15) is 27.6 Å². The van der Waals surface area contributed by atoms with E-state index < -0.39 is 40.5 Å². The Morgan fingerprint density at radius 3 is 2.23 bits per heavy atom. The fourth-order valence-corrected chi connectivity index (χ4v) is 4.48. The van der Waals surface area contributed by atoms with Gasteiger partial charge in [-0.1, -0.05) is 64.1 Å². The van der Waals surface area contributed by atoms with E-state index in [2.05, 4.69) is 29.1 Å². The van der Waals surface area contributed by atoms with E-state index in [0.29, 0.717) is 16.3 Å². The first-order valence-corrected chi connectivity index (χ1v) is 15.3. The molecule has 1 N–H and O–H groups in total. The number of thioether (sulfide) groups is 1. The summed E-state index contributed by atoms with van der Waals surface area (Å²) >= 11 is 0.981. The van der Waals surface area contributed by atoms with Crippen LogP contribution in [0.3, 0.4) is 0 Å². The second-order valence-corrected chi connectivity index (χ2v) is 11.0. The van der Waals surface area contributed by atoms with Gasteiger partial charge < -0.3 is 10.1 Å². The predicted octanol–water partition coefficient (Wildman–Crippen LogP) is 6.60. The van der Waals surface area contributed by atoms with Crippen molar-refractivity contribution in [1.82, 2.24) is 24.4 Å². The number of nitrogens with one attached hydrogen (secondary N) is 1. The van der Waals surface area contributed by atoms with Crippen LogP contribution in [0.4, 0.5) is 18.0 Å². The molecule has 0 saturated carbocycles. The molecule has 0 aliphatic heterocycles. The highest BCUT2D eigenvalue weighted by Gasteiger charge is 2.20. The number of pyridine rings is 1. The number of halogens is 3. The fourth-order valence-electron chi connectivity index (χ4n) is 3.95. The van der Waals surface area contributed by atoms with Crippen molar-refractivity contribution in [2.45, 2.75) is 78.7 Å². The number of aromatic nitrogens is 4. The first-order chi connectivity index (χ1) is 20.8. The Hall–Kier alpha value is -4.13. The van der Waals surface area contributed by atoms with E-state index in [1.54, 1.807) is 45.2 Å². The van der Waals surface area contributed by atoms with Crippen LogP contribution in [0.2, 0.25) is 0 Å². The molecule has 0 aliphatic carbocycles. The van der Waals surface area contributed by atoms with E-state index in [4.69, 9.17) is 4.74 Å². The highest BCUT2D eigenvalue weighted by Crippen LogP contribution is 2.24. The van der Waals surface area contributed by atoms with Crippen LogP contribution >= 0.6 is 11.8 Å². The molecule has 0 aliphatic rings. The average Bonchev–Trinajstić information content (AvgIpc) is 2.96. The van der Waals surface area contributed by atoms with E-state index in [1.807, 2.05) is 13.8 Å². The van der Waals surface area contributed by atoms with Gasteiger partial charge in [-0.3, -0.25) is 9.55 Å². The summed E-state index contributed by atoms with van der Waals surface area (Å²) in [6, 6.07) is 6.70. The molecular formula is C31H38F3N5O4S. The van der Waals surface area contributed by atoms with E-state index >= 15 is 0 Å². The van der Waals surface area contributed by atoms with E-state index in [1.165, 1.54) is 18.8 Å². The van der Waals surface area contributed by atoms with Crippen LogP contribution in [-0.2, 0) is 17.8 Å². The summed E-state index contributed by atoms with van der Waals surface area (Å²) in [5.74, 6) is -4.45. The maximum absolute atomic E-state index is 13.8. The summed E-state index contributed by atoms with van der Waals surface area (Å²) in [5, 5.41) is 3.68. The monoisotopic (exact) mass is 633 g/mol. The summed E-state index contributed by atoms with van der Waals surface area (Å²) in [7, 11) is 0. The molecule has 0 fully saturated rings. The highest BCUT2D eigenvalue weighted by atomic mass is 32.2. The number of hydrogen-bond acceptors (Lipinski definition) is 7. The number of alkyl carbamates (subject to hydrolysis) is 1. The normalized spacial score (nSPS) is 10.8. The molecule has 2 aromatic carbocycles. The maximum Gasteiger partial charge on any atom is 0.407 e. The zero-order chi connectivity index (χ0) is 33.2. The van der Waals surface area contributed by atoms with Gasteiger partial charge in [0.1, 0.15) is 5.60 Å². The largest absolute Gasteiger partial charge is 0.444 e. The maximum atomic E-state index is 13.8. The Kier molecular flexibility index (Phi) is 13.2. The molecule has 0 atom stereocenters. The zero-order valence-electron chi connectivity index (χ0n) is 26.1. The Balaban J connectivity index is 0.00000127. The van der Waals surface area contributed by atoms with Crippen LogP contribution in [0.25, 0.3) is 16.5 Å². The first-order valence-electron chi connectivity index (χ1n) is 14.0. The molecule has 2 heterocycles. The Morgan fingerprint density at radius 2 is 1.66 bits per heavy atom. The quantitative estimate of drug-likeness (QED) is 0.188. The standard InChI is InChI=1S/C26H24F3N5O4S.C3H8.C2H6/c1-26(2,3)38-24(36)31-11-16-7-5-6-15-10-30-12-19(20(15)16)34-22(35)32-23(39-4)33(25(34)37)13-14-8-17(27)21(29)18(28)9-14;1-3-2;1-2/h5-10,12H,11,13H2,1-4H3,(H,31,36);3H2,1-2H3;1-2H3. The molecule has 238 valence electrons. The minimum Gasteiger partial charge on any atom is -0.444 e. The van der Waals surface area contributed by atoms with Crippen molar-refractivity contribution >= 4 is 28.6 Å². The Morgan fingerprint density at radius 1 is 1.05 bits per heavy atom. The summed E-state index contributed by atoms with van der Waals surface area (Å²) < 4.78 is 48.3. The molecule has 13 heteroatoms. The SMILES string of the molecule is CC.CCC.CSc1nc(=O)n(-c2cncc3cccc(CNC(=O)OC(C)(C)C)c23)c(=O)n1Cc1cc(F)c(F)c(F)c1. The van der Waals surface area contributed by atoms with Crippen molar-refractivity contribution in [3.05, 3.63) is 92.3 Å². The molecular weight excluding hydrogens is 595 g/mol. The fraction of sp³-hybridized carbons (Fsp3) is 0.387. The number of nitrogens with zero attached hydrogens (tertiary/aromatic N) is 4. The number of carbonyl (C=O) groups excluding carboxylic acids is 1. The highest BCUT2D eigenvalue weighted by molar-refractivity contribution is 7.98. The summed E-state index contributed by atoms with van der Waals surface area (Å²) in [6.45, 7) is 13.1. The molecule has 9 nitrogen and oxygen atoms in total. The first kappa shape index (κ1) is 36.1. The van der Waals surface area contributed by atoms with Crippen LogP contribution in [0.1, 0.15) is 66.0 Å². The van der Waals surface area contributed by atoms with E-state index in [-0.39, 0.29) is 29.5 Å². The van der Waals surface area contributed by atoms with Gasteiger partial charge in [-0.2, -0.15) is 4.98 Å². The minimum atomic E-state index is -1.63. The molecule has 0 radical (unpaired) electrons. The van der Waals surface area contributed by atoms with Gasteiger partial charge in [0.2, 0.25) is 0 Å². The van der Waals surface area contributed by atoms with Crippen molar-refractivity contribution < 1.29 is 22.7 Å². The van der Waals surface area contributed by atoms with Gasteiger partial charge >= 0.3 is 17.5 Å². The van der Waals surface area contributed by atoms with E-state index in [0.717, 1.165) is 33.0 Å². The third-order valence-electron chi connectivity index (χ3n) is 5.52. The summed E-state index contributed by atoms with van der Waals surface area (Å²) in [5.41, 5.74) is -1.86. The molecule has 1 amide bonds. The lowest BCUT2D eigenvalue weighted by molar-refractivity contribution is 0.0523. The summed E-state index contributed by atoms with van der Waals surface area (Å²) in [4.78, 5) is 47.2. The third-order valence-corrected chi connectivity index (χ3v) is 6.19. The third kappa shape index (κ3) is 8.94. The zero-order valence-corrected chi connectivity index (χ0v) is 26.9. The van der Waals surface area contributed by atoms with Crippen LogP contribution in [0.5, 0.6) is 0 Å². The van der Waals surface area contributed by atoms with Gasteiger partial charge in [-0.15, -0.1) is 0 Å². The molecule has 0 saturated heterocycles. The van der Waals surface area contributed by atoms with Gasteiger partial charge in [0.05, 0.1) is 18.4 Å². The number of ether oxygens (including phenoxy) is 1. The van der Waals surface area contributed by atoms with Crippen LogP contribution in [0.15, 0.2) is 57.5 Å².